The number of carbonyl (C=O) groups is 1. The standard InChI is InChI=1S/C24H21N3O2S2/c25-15-20-19-7-4-8-21(19)31-23(20)27-24(30)26-22(28)17-9-11-18(12-10-17)29-14-13-16-5-2-1-3-6-16/h1-3,5-6,9-12H,4,7-8,13-14H2,(H2,26,27,28,30). The van der Waals surface area contributed by atoms with Gasteiger partial charge >= 0.3 is 0 Å². The summed E-state index contributed by atoms with van der Waals surface area (Å²) in [5.74, 6) is 0.399. The number of nitrogens with one attached hydrogen (secondary N) is 2. The molecule has 4 rings (SSSR count). The van der Waals surface area contributed by atoms with E-state index in [0.717, 1.165) is 31.2 Å². The number of nitriles is 1. The fourth-order valence-electron chi connectivity index (χ4n) is 3.55. The molecule has 0 spiro atoms. The third kappa shape index (κ3) is 5.10. The van der Waals surface area contributed by atoms with E-state index in [4.69, 9.17) is 17.0 Å². The van der Waals surface area contributed by atoms with Crippen molar-refractivity contribution < 1.29 is 9.53 Å². The number of nitrogens with zero attached hydrogens (tertiary/aromatic N) is 1. The Hall–Kier alpha value is -3.21. The summed E-state index contributed by atoms with van der Waals surface area (Å²) < 4.78 is 5.76. The molecular weight excluding hydrogens is 426 g/mol. The van der Waals surface area contributed by atoms with E-state index < -0.39 is 0 Å². The average molecular weight is 448 g/mol. The van der Waals surface area contributed by atoms with Crippen LogP contribution in [-0.4, -0.2) is 17.6 Å². The molecular formula is C24H21N3O2S2. The van der Waals surface area contributed by atoms with Crippen LogP contribution in [-0.2, 0) is 19.3 Å². The number of ether oxygens (including phenoxy) is 1. The minimum Gasteiger partial charge on any atom is -0.493 e. The Kier molecular flexibility index (Phi) is 6.60. The van der Waals surface area contributed by atoms with Gasteiger partial charge in [-0.3, -0.25) is 10.1 Å². The second kappa shape index (κ2) is 9.73. The predicted molar refractivity (Wildman–Crippen MR) is 127 cm³/mol. The van der Waals surface area contributed by atoms with Gasteiger partial charge in [0.25, 0.3) is 5.91 Å². The van der Waals surface area contributed by atoms with Crippen LogP contribution in [0.5, 0.6) is 5.75 Å². The Balaban J connectivity index is 1.29. The Labute approximate surface area is 190 Å². The number of aryl methyl sites for hydroxylation is 1. The van der Waals surface area contributed by atoms with Crippen LogP contribution < -0.4 is 15.4 Å². The first-order valence-corrected chi connectivity index (χ1v) is 11.3. The van der Waals surface area contributed by atoms with Crippen LogP contribution in [0.25, 0.3) is 0 Å². The van der Waals surface area contributed by atoms with Gasteiger partial charge in [0.15, 0.2) is 5.11 Å². The maximum Gasteiger partial charge on any atom is 0.257 e. The number of hydrogen-bond acceptors (Lipinski definition) is 5. The van der Waals surface area contributed by atoms with Crippen molar-refractivity contribution in [3.63, 3.8) is 0 Å². The van der Waals surface area contributed by atoms with Gasteiger partial charge in [-0.2, -0.15) is 5.26 Å². The molecule has 0 saturated carbocycles. The van der Waals surface area contributed by atoms with Gasteiger partial charge in [-0.05, 0) is 66.9 Å². The molecule has 1 heterocycles. The van der Waals surface area contributed by atoms with Crippen molar-refractivity contribution in [3.8, 4) is 11.8 Å². The summed E-state index contributed by atoms with van der Waals surface area (Å²) >= 11 is 6.83. The van der Waals surface area contributed by atoms with Gasteiger partial charge in [-0.1, -0.05) is 30.3 Å². The van der Waals surface area contributed by atoms with Gasteiger partial charge in [-0.15, -0.1) is 11.3 Å². The average Bonchev–Trinajstić information content (AvgIpc) is 3.35. The number of thiophene rings is 1. The van der Waals surface area contributed by atoms with Crippen molar-refractivity contribution in [1.82, 2.24) is 5.32 Å². The lowest BCUT2D eigenvalue weighted by Crippen LogP contribution is -2.34. The van der Waals surface area contributed by atoms with E-state index in [1.165, 1.54) is 10.4 Å². The van der Waals surface area contributed by atoms with Crippen molar-refractivity contribution in [2.45, 2.75) is 25.7 Å². The first-order chi connectivity index (χ1) is 15.1. The summed E-state index contributed by atoms with van der Waals surface area (Å²) in [4.78, 5) is 13.7. The SMILES string of the molecule is N#Cc1c(NC(=S)NC(=O)c2ccc(OCCc3ccccc3)cc2)sc2c1CCC2. The number of anilines is 1. The molecule has 5 nitrogen and oxygen atoms in total. The molecule has 0 atom stereocenters. The molecule has 0 radical (unpaired) electrons. The molecule has 3 aromatic rings. The molecule has 1 aliphatic rings. The maximum atomic E-state index is 12.5. The molecule has 156 valence electrons. The predicted octanol–water partition coefficient (Wildman–Crippen LogP) is 4.86. The molecule has 0 aliphatic heterocycles. The van der Waals surface area contributed by atoms with Gasteiger partial charge in [0.2, 0.25) is 0 Å². The topological polar surface area (TPSA) is 74.2 Å². The number of thiocarbonyl (C=S) groups is 1. The molecule has 2 N–H and O–H groups in total. The number of carbonyl (C=O) groups excluding carboxylic acids is 1. The number of rotatable bonds is 6. The van der Waals surface area contributed by atoms with Crippen molar-refractivity contribution in [1.29, 1.82) is 5.26 Å². The van der Waals surface area contributed by atoms with E-state index in [9.17, 15) is 10.1 Å². The Morgan fingerprint density at radius 1 is 1.13 bits per heavy atom. The zero-order valence-corrected chi connectivity index (χ0v) is 18.4. The van der Waals surface area contributed by atoms with Gasteiger partial charge < -0.3 is 10.1 Å². The van der Waals surface area contributed by atoms with Crippen molar-refractivity contribution in [3.05, 3.63) is 81.7 Å². The number of fused-ring (bicyclic) bond motifs is 1. The third-order valence-corrected chi connectivity index (χ3v) is 6.52. The minimum atomic E-state index is -0.309. The second-order valence-corrected chi connectivity index (χ2v) is 8.70. The summed E-state index contributed by atoms with van der Waals surface area (Å²) in [6, 6.07) is 19.4. The van der Waals surface area contributed by atoms with Crippen molar-refractivity contribution in [2.24, 2.45) is 0 Å². The Morgan fingerprint density at radius 3 is 2.65 bits per heavy atom. The van der Waals surface area contributed by atoms with Gasteiger partial charge in [-0.25, -0.2) is 0 Å². The van der Waals surface area contributed by atoms with E-state index in [2.05, 4.69) is 28.8 Å². The lowest BCUT2D eigenvalue weighted by Gasteiger charge is -2.10. The minimum absolute atomic E-state index is 0.185. The van der Waals surface area contributed by atoms with E-state index in [1.807, 2.05) is 18.2 Å². The first kappa shape index (κ1) is 21.0. The highest BCUT2D eigenvalue weighted by Gasteiger charge is 2.22. The summed E-state index contributed by atoms with van der Waals surface area (Å²) in [6.07, 6.45) is 3.83. The number of benzene rings is 2. The van der Waals surface area contributed by atoms with Gasteiger partial charge in [0.05, 0.1) is 12.2 Å². The second-order valence-electron chi connectivity index (χ2n) is 7.19. The highest BCUT2D eigenvalue weighted by atomic mass is 32.1. The van der Waals surface area contributed by atoms with Crippen LogP contribution in [0.2, 0.25) is 0 Å². The Morgan fingerprint density at radius 2 is 1.90 bits per heavy atom. The molecule has 31 heavy (non-hydrogen) atoms. The normalized spacial score (nSPS) is 12.0. The zero-order valence-electron chi connectivity index (χ0n) is 16.8. The molecule has 1 aromatic heterocycles. The smallest absolute Gasteiger partial charge is 0.257 e. The molecule has 0 unspecified atom stereocenters. The summed E-state index contributed by atoms with van der Waals surface area (Å²) in [5, 5.41) is 16.1. The summed E-state index contributed by atoms with van der Waals surface area (Å²) in [6.45, 7) is 0.565. The third-order valence-electron chi connectivity index (χ3n) is 5.11. The molecule has 0 fully saturated rings. The fraction of sp³-hybridized carbons (Fsp3) is 0.208. The molecule has 1 amide bonds. The highest BCUT2D eigenvalue weighted by molar-refractivity contribution is 7.80. The monoisotopic (exact) mass is 447 g/mol. The molecule has 0 saturated heterocycles. The van der Waals surface area contributed by atoms with Crippen LogP contribution in [0.4, 0.5) is 5.00 Å². The summed E-state index contributed by atoms with van der Waals surface area (Å²) in [5.41, 5.74) is 3.46. The van der Waals surface area contributed by atoms with Crippen LogP contribution in [0, 0.1) is 11.3 Å². The van der Waals surface area contributed by atoms with Crippen molar-refractivity contribution >= 4 is 39.6 Å². The summed E-state index contributed by atoms with van der Waals surface area (Å²) in [7, 11) is 0. The quantitative estimate of drug-likeness (QED) is 0.528. The van der Waals surface area contributed by atoms with Gasteiger partial charge in [0, 0.05) is 16.9 Å². The molecule has 0 bridgehead atoms. The van der Waals surface area contributed by atoms with E-state index >= 15 is 0 Å². The van der Waals surface area contributed by atoms with Crippen LogP contribution in [0.1, 0.15) is 38.3 Å². The van der Waals surface area contributed by atoms with Crippen LogP contribution in [0.15, 0.2) is 54.6 Å². The molecule has 2 aromatic carbocycles. The molecule has 1 aliphatic carbocycles. The van der Waals surface area contributed by atoms with Crippen molar-refractivity contribution in [2.75, 3.05) is 11.9 Å². The largest absolute Gasteiger partial charge is 0.493 e. The lowest BCUT2D eigenvalue weighted by molar-refractivity contribution is 0.0977. The van der Waals surface area contributed by atoms with E-state index in [0.29, 0.717) is 28.5 Å². The fourth-order valence-corrected chi connectivity index (χ4v) is 5.06. The molecule has 7 heteroatoms. The van der Waals surface area contributed by atoms with E-state index in [1.54, 1.807) is 35.6 Å². The number of hydrogen-bond donors (Lipinski definition) is 2. The number of amides is 1. The van der Waals surface area contributed by atoms with Crippen LogP contribution in [0.3, 0.4) is 0 Å². The zero-order chi connectivity index (χ0) is 21.6. The highest BCUT2D eigenvalue weighted by Crippen LogP contribution is 2.38. The first-order valence-electron chi connectivity index (χ1n) is 10.1. The van der Waals surface area contributed by atoms with Gasteiger partial charge in [0.1, 0.15) is 16.8 Å². The Bertz CT molecular complexity index is 1130. The lowest BCUT2D eigenvalue weighted by atomic mass is 10.1. The van der Waals surface area contributed by atoms with E-state index in [-0.39, 0.29) is 11.0 Å². The van der Waals surface area contributed by atoms with Crippen LogP contribution >= 0.6 is 23.6 Å². The maximum absolute atomic E-state index is 12.5.